The summed E-state index contributed by atoms with van der Waals surface area (Å²) in [6.45, 7) is -0.0332. The molecule has 4 N–H and O–H groups in total. The van der Waals surface area contributed by atoms with E-state index < -0.39 is 22.9 Å². The van der Waals surface area contributed by atoms with E-state index in [9.17, 15) is 9.00 Å². The summed E-state index contributed by atoms with van der Waals surface area (Å²) in [4.78, 5) is 11.7. The predicted molar refractivity (Wildman–Crippen MR) is 74.7 cm³/mol. The fraction of sp³-hybridized carbons (Fsp3) is 0.364. The molecular formula is C11H17BN2O5S. The lowest BCUT2D eigenvalue weighted by atomic mass is 9.87. The van der Waals surface area contributed by atoms with E-state index in [0.29, 0.717) is 10.5 Å². The Hall–Kier alpha value is -1.58. The minimum Gasteiger partial charge on any atom is -0.445 e. The zero-order valence-corrected chi connectivity index (χ0v) is 11.9. The van der Waals surface area contributed by atoms with Crippen LogP contribution in [-0.2, 0) is 21.1 Å². The summed E-state index contributed by atoms with van der Waals surface area (Å²) >= 11 is 0. The minimum atomic E-state index is -2.89. The first-order valence-electron chi connectivity index (χ1n) is 5.89. The van der Waals surface area contributed by atoms with Crippen LogP contribution in [0.1, 0.15) is 5.56 Å². The fourth-order valence-electron chi connectivity index (χ4n) is 1.50. The largest absolute Gasteiger partial charge is 0.453 e. The van der Waals surface area contributed by atoms with Crippen LogP contribution in [0.3, 0.4) is 0 Å². The van der Waals surface area contributed by atoms with Crippen LogP contribution in [0.4, 0.5) is 4.79 Å². The Labute approximate surface area is 118 Å². The van der Waals surface area contributed by atoms with Gasteiger partial charge in [0.05, 0.1) is 14.6 Å². The molecule has 0 fully saturated rings. The summed E-state index contributed by atoms with van der Waals surface area (Å²) in [7, 11) is -4.37. The molecule has 0 aliphatic heterocycles. The van der Waals surface area contributed by atoms with Gasteiger partial charge in [-0.3, -0.25) is 0 Å². The van der Waals surface area contributed by atoms with Crippen LogP contribution in [0, 0.1) is 4.78 Å². The normalized spacial score (nSPS) is 13.3. The van der Waals surface area contributed by atoms with Gasteiger partial charge in [-0.2, -0.15) is 0 Å². The molecule has 7 nitrogen and oxygen atoms in total. The molecule has 110 valence electrons. The molecule has 0 radical (unpaired) electrons. The Kier molecular flexibility index (Phi) is 5.99. The van der Waals surface area contributed by atoms with Gasteiger partial charge in [-0.15, -0.1) is 0 Å². The Morgan fingerprint density at radius 2 is 2.10 bits per heavy atom. The highest BCUT2D eigenvalue weighted by Crippen LogP contribution is 2.16. The van der Waals surface area contributed by atoms with Crippen LogP contribution in [0.25, 0.3) is 0 Å². The molecule has 0 saturated carbocycles. The van der Waals surface area contributed by atoms with Crippen LogP contribution in [0.2, 0.25) is 6.32 Å². The zero-order valence-electron chi connectivity index (χ0n) is 11.0. The second-order valence-corrected chi connectivity index (χ2v) is 6.35. The summed E-state index contributed by atoms with van der Waals surface area (Å²) in [6, 6.07) is 6.57. The standard InChI is InChI=1S/C11H17BN2O5S/c1-20(13,18)10-5-3-2-4-9(10)8-19-11(15)14-7-6-12(16)17/h2-5,13,16-17H,6-8H2,1H3,(H,14,15). The zero-order chi connectivity index (χ0) is 15.2. The van der Waals surface area contributed by atoms with E-state index in [1.54, 1.807) is 24.3 Å². The number of carbonyl (C=O) groups is 1. The average Bonchev–Trinajstić information content (AvgIpc) is 2.35. The van der Waals surface area contributed by atoms with E-state index in [4.69, 9.17) is 19.6 Å². The maximum atomic E-state index is 11.8. The summed E-state index contributed by atoms with van der Waals surface area (Å²) in [5.41, 5.74) is 0.507. The molecule has 9 heteroatoms. The third-order valence-electron chi connectivity index (χ3n) is 2.42. The molecule has 1 unspecified atom stereocenters. The second kappa shape index (κ2) is 7.27. The van der Waals surface area contributed by atoms with Gasteiger partial charge in [0, 0.05) is 18.4 Å². The van der Waals surface area contributed by atoms with E-state index in [1.807, 2.05) is 0 Å². The van der Waals surface area contributed by atoms with Gasteiger partial charge in [0.15, 0.2) is 0 Å². The quantitative estimate of drug-likeness (QED) is 0.568. The van der Waals surface area contributed by atoms with Crippen molar-refractivity contribution >= 4 is 22.9 Å². The number of benzene rings is 1. The van der Waals surface area contributed by atoms with Gasteiger partial charge in [-0.1, -0.05) is 18.2 Å². The molecule has 0 aromatic heterocycles. The molecule has 0 aliphatic carbocycles. The highest BCUT2D eigenvalue weighted by molar-refractivity contribution is 7.91. The van der Waals surface area contributed by atoms with Crippen LogP contribution >= 0.6 is 0 Å². The van der Waals surface area contributed by atoms with E-state index in [-0.39, 0.29) is 19.5 Å². The minimum absolute atomic E-state index is 0.00118. The van der Waals surface area contributed by atoms with Gasteiger partial charge in [0.25, 0.3) is 0 Å². The van der Waals surface area contributed by atoms with Crippen molar-refractivity contribution in [3.63, 3.8) is 0 Å². The van der Waals surface area contributed by atoms with Crippen LogP contribution in [0.5, 0.6) is 0 Å². The first-order chi connectivity index (χ1) is 9.30. The second-order valence-electron chi connectivity index (χ2n) is 4.22. The van der Waals surface area contributed by atoms with Gasteiger partial charge < -0.3 is 20.1 Å². The van der Waals surface area contributed by atoms with E-state index in [2.05, 4.69) is 5.32 Å². The highest BCUT2D eigenvalue weighted by Gasteiger charge is 2.12. The Morgan fingerprint density at radius 3 is 2.70 bits per heavy atom. The van der Waals surface area contributed by atoms with E-state index >= 15 is 0 Å². The number of ether oxygens (including phenoxy) is 1. The molecule has 0 saturated heterocycles. The van der Waals surface area contributed by atoms with Crippen molar-refractivity contribution in [2.24, 2.45) is 0 Å². The van der Waals surface area contributed by atoms with Crippen molar-refractivity contribution in [3.05, 3.63) is 29.8 Å². The lowest BCUT2D eigenvalue weighted by molar-refractivity contribution is 0.139. The molecule has 0 bridgehead atoms. The third-order valence-corrected chi connectivity index (χ3v) is 3.66. The Bertz CT molecular complexity index is 562. The molecule has 0 heterocycles. The summed E-state index contributed by atoms with van der Waals surface area (Å²) < 4.78 is 24.3. The lowest BCUT2D eigenvalue weighted by Crippen LogP contribution is -2.28. The number of carbonyl (C=O) groups excluding carboxylic acids is 1. The van der Waals surface area contributed by atoms with Gasteiger partial charge in [0.2, 0.25) is 0 Å². The number of amides is 1. The van der Waals surface area contributed by atoms with E-state index in [1.165, 1.54) is 6.26 Å². The lowest BCUT2D eigenvalue weighted by Gasteiger charge is -2.10. The maximum Gasteiger partial charge on any atom is 0.453 e. The summed E-state index contributed by atoms with van der Waals surface area (Å²) in [5, 5.41) is 19.6. The third kappa shape index (κ3) is 5.60. The van der Waals surface area contributed by atoms with Crippen molar-refractivity contribution in [2.75, 3.05) is 12.8 Å². The number of hydrogen-bond donors (Lipinski definition) is 4. The SMILES string of the molecule is CS(=N)(=O)c1ccccc1COC(=O)NCCB(O)O. The molecular weight excluding hydrogens is 283 g/mol. The van der Waals surface area contributed by atoms with Crippen LogP contribution < -0.4 is 5.32 Å². The number of hydrogen-bond acceptors (Lipinski definition) is 6. The van der Waals surface area contributed by atoms with Crippen molar-refractivity contribution in [1.29, 1.82) is 4.78 Å². The van der Waals surface area contributed by atoms with Crippen LogP contribution in [0.15, 0.2) is 29.2 Å². The average molecular weight is 300 g/mol. The summed E-state index contributed by atoms with van der Waals surface area (Å²) in [5.74, 6) is 0. The highest BCUT2D eigenvalue weighted by atomic mass is 32.2. The number of rotatable bonds is 6. The molecule has 1 atom stereocenters. The maximum absolute atomic E-state index is 11.8. The molecule has 1 amide bonds. The molecule has 0 spiro atoms. The van der Waals surface area contributed by atoms with Crippen molar-refractivity contribution in [2.45, 2.75) is 17.8 Å². The van der Waals surface area contributed by atoms with Crippen LogP contribution in [-0.4, -0.2) is 40.3 Å². The monoisotopic (exact) mass is 300 g/mol. The van der Waals surface area contributed by atoms with Gasteiger partial charge in [-0.05, 0) is 12.4 Å². The van der Waals surface area contributed by atoms with Gasteiger partial charge in [-0.25, -0.2) is 13.8 Å². The molecule has 1 aromatic rings. The van der Waals surface area contributed by atoms with Crippen molar-refractivity contribution < 1.29 is 23.8 Å². The van der Waals surface area contributed by atoms with E-state index in [0.717, 1.165) is 0 Å². The number of nitrogens with one attached hydrogen (secondary N) is 2. The molecule has 0 aliphatic rings. The fourth-order valence-corrected chi connectivity index (χ4v) is 2.47. The Balaban J connectivity index is 2.56. The predicted octanol–water partition coefficient (Wildman–Crippen LogP) is 0.421. The summed E-state index contributed by atoms with van der Waals surface area (Å²) in [6.07, 6.45) is 0.587. The number of alkyl carbamates (subject to hydrolysis) is 1. The van der Waals surface area contributed by atoms with Crippen molar-refractivity contribution in [1.82, 2.24) is 5.32 Å². The smallest absolute Gasteiger partial charge is 0.445 e. The first kappa shape index (κ1) is 16.5. The van der Waals surface area contributed by atoms with Gasteiger partial charge in [0.1, 0.15) is 6.61 Å². The molecule has 20 heavy (non-hydrogen) atoms. The Morgan fingerprint density at radius 1 is 1.45 bits per heavy atom. The topological polar surface area (TPSA) is 120 Å². The van der Waals surface area contributed by atoms with Crippen molar-refractivity contribution in [3.8, 4) is 0 Å². The van der Waals surface area contributed by atoms with Gasteiger partial charge >= 0.3 is 13.2 Å². The molecule has 1 aromatic carbocycles. The molecule has 1 rings (SSSR count). The first-order valence-corrected chi connectivity index (χ1v) is 7.86.